The third kappa shape index (κ3) is 2.90. The second-order valence-corrected chi connectivity index (χ2v) is 6.09. The van der Waals surface area contributed by atoms with Gasteiger partial charge in [-0.25, -0.2) is 4.98 Å². The van der Waals surface area contributed by atoms with Gasteiger partial charge >= 0.3 is 0 Å². The first-order valence-corrected chi connectivity index (χ1v) is 8.17. The van der Waals surface area contributed by atoms with Gasteiger partial charge in [-0.3, -0.25) is 24.3 Å². The van der Waals surface area contributed by atoms with Crippen molar-refractivity contribution in [3.63, 3.8) is 0 Å². The predicted octanol–water partition coefficient (Wildman–Crippen LogP) is 2.63. The Morgan fingerprint density at radius 1 is 1.27 bits per heavy atom. The van der Waals surface area contributed by atoms with Crippen LogP contribution in [0.2, 0.25) is 0 Å². The molecule has 2 heterocycles. The Kier molecular flexibility index (Phi) is 4.41. The molecule has 8 heteroatoms. The summed E-state index contributed by atoms with van der Waals surface area (Å²) >= 11 is 0. The molecule has 0 aliphatic carbocycles. The fourth-order valence-electron chi connectivity index (χ4n) is 3.18. The van der Waals surface area contributed by atoms with Gasteiger partial charge in [-0.05, 0) is 32.9 Å². The SMILES string of the molecule is CCn1c(C)cc(C(=O)Cn2cnc3ccc([N+](=O)[O-])cc3c2=O)c1C. The van der Waals surface area contributed by atoms with Crippen LogP contribution in [-0.2, 0) is 13.1 Å². The van der Waals surface area contributed by atoms with Crippen molar-refractivity contribution in [2.75, 3.05) is 0 Å². The third-order valence-electron chi connectivity index (χ3n) is 4.52. The first-order chi connectivity index (χ1) is 12.3. The van der Waals surface area contributed by atoms with Crippen molar-refractivity contribution in [2.24, 2.45) is 0 Å². The van der Waals surface area contributed by atoms with E-state index in [9.17, 15) is 19.7 Å². The van der Waals surface area contributed by atoms with E-state index in [0.29, 0.717) is 11.1 Å². The number of rotatable bonds is 5. The minimum absolute atomic E-state index is 0.119. The van der Waals surface area contributed by atoms with Gasteiger partial charge in [-0.15, -0.1) is 0 Å². The molecule has 0 fully saturated rings. The largest absolute Gasteiger partial charge is 0.349 e. The molecule has 26 heavy (non-hydrogen) atoms. The molecule has 0 atom stereocenters. The normalized spacial score (nSPS) is 11.0. The average molecular weight is 354 g/mol. The second-order valence-electron chi connectivity index (χ2n) is 6.09. The maximum atomic E-state index is 12.7. The number of fused-ring (bicyclic) bond motifs is 1. The van der Waals surface area contributed by atoms with Crippen LogP contribution in [0.3, 0.4) is 0 Å². The van der Waals surface area contributed by atoms with Crippen molar-refractivity contribution >= 4 is 22.4 Å². The van der Waals surface area contributed by atoms with Crippen LogP contribution in [0.5, 0.6) is 0 Å². The van der Waals surface area contributed by atoms with Gasteiger partial charge in [0.15, 0.2) is 5.78 Å². The minimum Gasteiger partial charge on any atom is -0.349 e. The Bertz CT molecular complexity index is 1090. The van der Waals surface area contributed by atoms with E-state index in [-0.39, 0.29) is 23.4 Å². The van der Waals surface area contributed by atoms with E-state index in [1.54, 1.807) is 0 Å². The fraction of sp³-hybridized carbons (Fsp3) is 0.278. The number of non-ortho nitro benzene ring substituents is 1. The summed E-state index contributed by atoms with van der Waals surface area (Å²) in [5.41, 5.74) is 2.09. The van der Waals surface area contributed by atoms with Crippen molar-refractivity contribution in [3.8, 4) is 0 Å². The zero-order valence-electron chi connectivity index (χ0n) is 14.7. The van der Waals surface area contributed by atoms with E-state index in [1.165, 1.54) is 29.1 Å². The smallest absolute Gasteiger partial charge is 0.270 e. The van der Waals surface area contributed by atoms with E-state index in [1.807, 2.05) is 31.4 Å². The molecule has 2 aromatic heterocycles. The van der Waals surface area contributed by atoms with Crippen molar-refractivity contribution in [2.45, 2.75) is 33.9 Å². The summed E-state index contributed by atoms with van der Waals surface area (Å²) < 4.78 is 3.21. The molecule has 3 rings (SSSR count). The fourth-order valence-corrected chi connectivity index (χ4v) is 3.18. The monoisotopic (exact) mass is 354 g/mol. The molecule has 0 aliphatic rings. The zero-order valence-corrected chi connectivity index (χ0v) is 14.7. The van der Waals surface area contributed by atoms with Gasteiger partial charge in [-0.2, -0.15) is 0 Å². The van der Waals surface area contributed by atoms with Gasteiger partial charge in [0.1, 0.15) is 0 Å². The quantitative estimate of drug-likeness (QED) is 0.398. The van der Waals surface area contributed by atoms with Gasteiger partial charge in [0, 0.05) is 35.6 Å². The molecule has 0 saturated carbocycles. The Labute approximate surface area is 148 Å². The van der Waals surface area contributed by atoms with Crippen LogP contribution in [0, 0.1) is 24.0 Å². The summed E-state index contributed by atoms with van der Waals surface area (Å²) in [6, 6.07) is 5.72. The molecule has 0 bridgehead atoms. The van der Waals surface area contributed by atoms with Crippen LogP contribution >= 0.6 is 0 Å². The zero-order chi connectivity index (χ0) is 19.0. The summed E-state index contributed by atoms with van der Waals surface area (Å²) in [6.45, 7) is 6.38. The topological polar surface area (TPSA) is 100 Å². The van der Waals surface area contributed by atoms with Crippen molar-refractivity contribution in [1.82, 2.24) is 14.1 Å². The molecule has 134 valence electrons. The van der Waals surface area contributed by atoms with Gasteiger partial charge in [0.2, 0.25) is 0 Å². The number of benzene rings is 1. The van der Waals surface area contributed by atoms with Crippen molar-refractivity contribution < 1.29 is 9.72 Å². The van der Waals surface area contributed by atoms with E-state index < -0.39 is 10.5 Å². The second kappa shape index (κ2) is 6.55. The van der Waals surface area contributed by atoms with Crippen LogP contribution < -0.4 is 5.56 Å². The number of aromatic nitrogens is 3. The standard InChI is InChI=1S/C18H18N4O4/c1-4-21-11(2)7-14(12(21)3)17(23)9-20-10-19-16-6-5-13(22(25)26)8-15(16)18(20)24/h5-8,10H,4,9H2,1-3H3. The summed E-state index contributed by atoms with van der Waals surface area (Å²) in [7, 11) is 0. The lowest BCUT2D eigenvalue weighted by Crippen LogP contribution is -2.25. The number of carbonyl (C=O) groups is 1. The molecule has 0 N–H and O–H groups in total. The number of hydrogen-bond acceptors (Lipinski definition) is 5. The van der Waals surface area contributed by atoms with Crippen molar-refractivity contribution in [3.05, 3.63) is 68.0 Å². The average Bonchev–Trinajstić information content (AvgIpc) is 2.90. The van der Waals surface area contributed by atoms with E-state index in [0.717, 1.165) is 17.9 Å². The number of hydrogen-bond donors (Lipinski definition) is 0. The van der Waals surface area contributed by atoms with Crippen LogP contribution in [-0.4, -0.2) is 24.8 Å². The molecule has 0 radical (unpaired) electrons. The summed E-state index contributed by atoms with van der Waals surface area (Å²) in [5.74, 6) is -0.202. The number of nitro benzene ring substituents is 1. The number of nitro groups is 1. The van der Waals surface area contributed by atoms with Gasteiger partial charge in [0.25, 0.3) is 11.2 Å². The van der Waals surface area contributed by atoms with E-state index >= 15 is 0 Å². The highest BCUT2D eigenvalue weighted by Gasteiger charge is 2.17. The van der Waals surface area contributed by atoms with Gasteiger partial charge < -0.3 is 4.57 Å². The molecule has 1 aromatic carbocycles. The van der Waals surface area contributed by atoms with Crippen LogP contribution in [0.25, 0.3) is 10.9 Å². The Hall–Kier alpha value is -3.29. The predicted molar refractivity (Wildman–Crippen MR) is 96.6 cm³/mol. The van der Waals surface area contributed by atoms with Crippen LogP contribution in [0.1, 0.15) is 28.7 Å². The Morgan fingerprint density at radius 3 is 2.62 bits per heavy atom. The molecule has 0 unspecified atom stereocenters. The number of Topliss-reactive ketones (excluding diaryl/α,β-unsaturated/α-hetero) is 1. The third-order valence-corrected chi connectivity index (χ3v) is 4.52. The highest BCUT2D eigenvalue weighted by Crippen LogP contribution is 2.18. The summed E-state index contributed by atoms with van der Waals surface area (Å²) in [4.78, 5) is 39.8. The van der Waals surface area contributed by atoms with Gasteiger partial charge in [-0.1, -0.05) is 0 Å². The lowest BCUT2D eigenvalue weighted by Gasteiger charge is -2.07. The molecule has 0 saturated heterocycles. The molecule has 8 nitrogen and oxygen atoms in total. The maximum Gasteiger partial charge on any atom is 0.270 e. The van der Waals surface area contributed by atoms with E-state index in [2.05, 4.69) is 4.98 Å². The molecule has 0 amide bonds. The minimum atomic E-state index is -0.568. The number of nitrogens with zero attached hydrogens (tertiary/aromatic N) is 4. The Balaban J connectivity index is 2.01. The summed E-state index contributed by atoms with van der Waals surface area (Å²) in [5, 5.41) is 11.0. The molecule has 0 aliphatic heterocycles. The highest BCUT2D eigenvalue weighted by atomic mass is 16.6. The van der Waals surface area contributed by atoms with Gasteiger partial charge in [0.05, 0.1) is 28.7 Å². The number of carbonyl (C=O) groups excluding carboxylic acids is 1. The van der Waals surface area contributed by atoms with Crippen molar-refractivity contribution in [1.29, 1.82) is 0 Å². The first-order valence-electron chi connectivity index (χ1n) is 8.17. The highest BCUT2D eigenvalue weighted by molar-refractivity contribution is 5.97. The molecule has 0 spiro atoms. The maximum absolute atomic E-state index is 12.7. The molecular weight excluding hydrogens is 336 g/mol. The molecular formula is C18H18N4O4. The lowest BCUT2D eigenvalue weighted by atomic mass is 10.1. The number of aryl methyl sites for hydroxylation is 1. The first kappa shape index (κ1) is 17.5. The summed E-state index contributed by atoms with van der Waals surface area (Å²) in [6.07, 6.45) is 1.30. The lowest BCUT2D eigenvalue weighted by molar-refractivity contribution is -0.384. The van der Waals surface area contributed by atoms with Crippen LogP contribution in [0.15, 0.2) is 35.4 Å². The Morgan fingerprint density at radius 2 is 2.00 bits per heavy atom. The molecule has 3 aromatic rings. The van der Waals surface area contributed by atoms with Crippen LogP contribution in [0.4, 0.5) is 5.69 Å². The van der Waals surface area contributed by atoms with E-state index in [4.69, 9.17) is 0 Å². The number of ketones is 1.